The molecule has 0 aliphatic heterocycles. The van der Waals surface area contributed by atoms with Gasteiger partial charge >= 0.3 is 0 Å². The van der Waals surface area contributed by atoms with Gasteiger partial charge in [0, 0.05) is 6.54 Å². The van der Waals surface area contributed by atoms with Crippen LogP contribution in [0.1, 0.15) is 51.2 Å². The van der Waals surface area contributed by atoms with Gasteiger partial charge in [-0.2, -0.15) is 0 Å². The molecular formula is C20H30N4S7. The van der Waals surface area contributed by atoms with Crippen LogP contribution in [-0.2, 0) is 6.54 Å². The van der Waals surface area contributed by atoms with Crippen LogP contribution >= 0.6 is 87.2 Å². The van der Waals surface area contributed by atoms with Gasteiger partial charge in [0.15, 0.2) is 0 Å². The maximum atomic E-state index is 5.41. The van der Waals surface area contributed by atoms with Crippen molar-refractivity contribution in [2.24, 2.45) is 5.92 Å². The lowest BCUT2D eigenvalue weighted by atomic mass is 9.97. The first-order chi connectivity index (χ1) is 14.4. The van der Waals surface area contributed by atoms with Crippen molar-refractivity contribution in [1.29, 1.82) is 0 Å². The van der Waals surface area contributed by atoms with Crippen LogP contribution < -0.4 is 10.4 Å². The molecule has 1 aromatic carbocycles. The third kappa shape index (κ3) is 8.69. The lowest BCUT2D eigenvalue weighted by Gasteiger charge is -2.35. The lowest BCUT2D eigenvalue weighted by Crippen LogP contribution is -2.52. The second kappa shape index (κ2) is 13.6. The Morgan fingerprint density at radius 3 is 2.00 bits per heavy atom. The van der Waals surface area contributed by atoms with E-state index in [0.29, 0.717) is 37.0 Å². The molecule has 0 aliphatic carbocycles. The SMILES string of the molecule is C=C(S)N(C(=S)S)c1c(CN(NN(C[C@H](C)CC)C(=S)S)C(=S)S)cccc1C(C)C. The van der Waals surface area contributed by atoms with Crippen LogP contribution in [0.3, 0.4) is 0 Å². The summed E-state index contributed by atoms with van der Waals surface area (Å²) in [6.45, 7) is 13.6. The van der Waals surface area contributed by atoms with Gasteiger partial charge in [-0.3, -0.25) is 14.9 Å². The van der Waals surface area contributed by atoms with Gasteiger partial charge in [0.2, 0.25) is 0 Å². The first-order valence-corrected chi connectivity index (χ1v) is 12.7. The van der Waals surface area contributed by atoms with E-state index in [1.165, 1.54) is 0 Å². The van der Waals surface area contributed by atoms with Crippen LogP contribution in [0.5, 0.6) is 0 Å². The minimum absolute atomic E-state index is 0.240. The first-order valence-electron chi connectivity index (χ1n) is 9.70. The van der Waals surface area contributed by atoms with Gasteiger partial charge in [0.1, 0.15) is 13.0 Å². The van der Waals surface area contributed by atoms with Crippen molar-refractivity contribution in [1.82, 2.24) is 15.6 Å². The van der Waals surface area contributed by atoms with Crippen molar-refractivity contribution in [3.8, 4) is 0 Å². The van der Waals surface area contributed by atoms with Crippen LogP contribution in [0.2, 0.25) is 0 Å². The van der Waals surface area contributed by atoms with E-state index in [-0.39, 0.29) is 5.92 Å². The minimum atomic E-state index is 0.240. The molecule has 0 radical (unpaired) electrons. The van der Waals surface area contributed by atoms with Crippen LogP contribution in [0.15, 0.2) is 29.8 Å². The molecule has 0 heterocycles. The average molecular weight is 551 g/mol. The Labute approximate surface area is 224 Å². The number of nitrogens with zero attached hydrogens (tertiary/aromatic N) is 3. The summed E-state index contributed by atoms with van der Waals surface area (Å²) in [5.41, 5.74) is 6.19. The normalized spacial score (nSPS) is 11.8. The predicted octanol–water partition coefficient (Wildman–Crippen LogP) is 6.23. The summed E-state index contributed by atoms with van der Waals surface area (Å²) >= 11 is 33.8. The highest BCUT2D eigenvalue weighted by atomic mass is 32.1. The molecule has 0 amide bonds. The molecule has 1 N–H and O–H groups in total. The van der Waals surface area contributed by atoms with Crippen LogP contribution in [0.25, 0.3) is 0 Å². The molecule has 0 aliphatic rings. The summed E-state index contributed by atoms with van der Waals surface area (Å²) in [7, 11) is 0. The van der Waals surface area contributed by atoms with Crippen LogP contribution in [0, 0.1) is 5.92 Å². The van der Waals surface area contributed by atoms with Crippen molar-refractivity contribution >= 4 is 106 Å². The Balaban J connectivity index is 3.43. The van der Waals surface area contributed by atoms with E-state index in [0.717, 1.165) is 23.2 Å². The Hall–Kier alpha value is -0.0100. The summed E-state index contributed by atoms with van der Waals surface area (Å²) in [6, 6.07) is 6.08. The quantitative estimate of drug-likeness (QED) is 0.134. The van der Waals surface area contributed by atoms with Gasteiger partial charge in [0.25, 0.3) is 0 Å². The van der Waals surface area contributed by atoms with Gasteiger partial charge < -0.3 is 0 Å². The number of nitrogens with one attached hydrogen (secondary N) is 1. The second-order valence-electron chi connectivity index (χ2n) is 7.42. The maximum absolute atomic E-state index is 5.41. The van der Waals surface area contributed by atoms with Crippen LogP contribution in [0.4, 0.5) is 5.69 Å². The molecule has 0 bridgehead atoms. The number of hydrazine groups is 2. The van der Waals surface area contributed by atoms with Crippen molar-refractivity contribution < 1.29 is 0 Å². The number of hydrogen-bond acceptors (Lipinski definition) is 5. The second-order valence-corrected chi connectivity index (χ2v) is 11.3. The van der Waals surface area contributed by atoms with Crippen LogP contribution in [-0.4, -0.2) is 29.5 Å². The van der Waals surface area contributed by atoms with Gasteiger partial charge in [-0.15, -0.1) is 56.0 Å². The van der Waals surface area contributed by atoms with Gasteiger partial charge in [0.05, 0.1) is 17.3 Å². The first kappa shape index (κ1) is 29.0. The molecule has 31 heavy (non-hydrogen) atoms. The summed E-state index contributed by atoms with van der Waals surface area (Å²) in [6.07, 6.45) is 1.01. The fraction of sp³-hybridized carbons (Fsp3) is 0.450. The number of thiocarbonyl (C=S) groups is 3. The Morgan fingerprint density at radius 2 is 1.58 bits per heavy atom. The highest BCUT2D eigenvalue weighted by molar-refractivity contribution is 8.12. The van der Waals surface area contributed by atoms with E-state index < -0.39 is 0 Å². The molecule has 0 saturated carbocycles. The van der Waals surface area contributed by atoms with Gasteiger partial charge in [-0.05, 0) is 23.0 Å². The Bertz CT molecular complexity index is 814. The number of hydrogen-bond donors (Lipinski definition) is 5. The molecule has 11 heteroatoms. The molecule has 172 valence electrons. The molecule has 0 aromatic heterocycles. The fourth-order valence-electron chi connectivity index (χ4n) is 2.88. The highest BCUT2D eigenvalue weighted by Gasteiger charge is 2.23. The molecule has 1 atom stereocenters. The smallest absolute Gasteiger partial charge is 0.149 e. The minimum Gasteiger partial charge on any atom is -0.290 e. The third-order valence-corrected chi connectivity index (χ3v) is 6.17. The van der Waals surface area contributed by atoms with Crippen molar-refractivity contribution in [3.05, 3.63) is 40.9 Å². The van der Waals surface area contributed by atoms with E-state index in [1.54, 1.807) is 14.9 Å². The monoisotopic (exact) mass is 550 g/mol. The molecule has 1 aromatic rings. The summed E-state index contributed by atoms with van der Waals surface area (Å²) in [5, 5.41) is 4.02. The number of anilines is 1. The molecule has 1 rings (SSSR count). The Kier molecular flexibility index (Phi) is 12.8. The number of thiol groups is 4. The molecule has 0 spiro atoms. The van der Waals surface area contributed by atoms with E-state index >= 15 is 0 Å². The van der Waals surface area contributed by atoms with Crippen molar-refractivity contribution in [2.45, 2.75) is 46.6 Å². The van der Waals surface area contributed by atoms with Gasteiger partial charge in [-0.1, -0.05) is 95.5 Å². The number of rotatable bonds is 10. The summed E-state index contributed by atoms with van der Waals surface area (Å²) in [5.74, 6) is 0.654. The molecule has 0 fully saturated rings. The van der Waals surface area contributed by atoms with E-state index in [9.17, 15) is 0 Å². The average Bonchev–Trinajstić information content (AvgIpc) is 2.66. The zero-order valence-corrected chi connectivity index (χ0v) is 24.1. The standard InChI is InChI=1S/C20H30N4S7/c1-6-13(4)10-22(18(26)27)21-23(19(28)29)11-15-8-7-9-16(12(2)3)17(15)24(14(5)25)20(30)31/h7-9,12-13,21,25H,5-6,10-11H2,1-4H3,(H,26,27)(H,28,29)(H,30,31)/t13-/m1/s1. The summed E-state index contributed by atoms with van der Waals surface area (Å²) in [4.78, 5) is 1.76. The van der Waals surface area contributed by atoms with Crippen molar-refractivity contribution in [2.75, 3.05) is 11.4 Å². The fourth-order valence-corrected chi connectivity index (χ4v) is 4.11. The zero-order valence-electron chi connectivity index (χ0n) is 18.1. The van der Waals surface area contributed by atoms with E-state index in [1.807, 2.05) is 12.1 Å². The van der Waals surface area contributed by atoms with Crippen molar-refractivity contribution in [3.63, 3.8) is 0 Å². The van der Waals surface area contributed by atoms with Gasteiger partial charge in [-0.25, -0.2) is 0 Å². The molecule has 0 unspecified atom stereocenters. The molecule has 0 saturated heterocycles. The van der Waals surface area contributed by atoms with E-state index in [4.69, 9.17) is 36.7 Å². The lowest BCUT2D eigenvalue weighted by molar-refractivity contribution is 0.133. The third-order valence-electron chi connectivity index (χ3n) is 4.67. The predicted molar refractivity (Wildman–Crippen MR) is 161 cm³/mol. The summed E-state index contributed by atoms with van der Waals surface area (Å²) < 4.78 is 1.15. The Morgan fingerprint density at radius 1 is 1.00 bits per heavy atom. The zero-order chi connectivity index (χ0) is 23.9. The largest absolute Gasteiger partial charge is 0.290 e. The topological polar surface area (TPSA) is 21.8 Å². The molecular weight excluding hydrogens is 521 g/mol. The molecule has 4 nitrogen and oxygen atoms in total. The number of para-hydroxylation sites is 1. The van der Waals surface area contributed by atoms with E-state index in [2.05, 4.69) is 96.4 Å². The maximum Gasteiger partial charge on any atom is 0.149 e. The number of benzene rings is 1. The highest BCUT2D eigenvalue weighted by Crippen LogP contribution is 2.35.